The summed E-state index contributed by atoms with van der Waals surface area (Å²) in [6.07, 6.45) is 0. The van der Waals surface area contributed by atoms with Crippen molar-refractivity contribution in [3.8, 4) is 45.1 Å². The molecule has 0 saturated carbocycles. The molecule has 4 heteroatoms. The molecule has 13 aromatic rings. The molecule has 1 aliphatic carbocycles. The smallest absolute Gasteiger partial charge is 0.160 e. The molecule has 3 aromatic heterocycles. The summed E-state index contributed by atoms with van der Waals surface area (Å²) in [6.45, 7) is 4.67. The van der Waals surface area contributed by atoms with Crippen molar-refractivity contribution in [3.05, 3.63) is 217 Å². The van der Waals surface area contributed by atoms with Crippen LogP contribution < -0.4 is 0 Å². The van der Waals surface area contributed by atoms with E-state index in [1.807, 2.05) is 0 Å². The van der Waals surface area contributed by atoms with Gasteiger partial charge in [0.05, 0.1) is 39.0 Å². The van der Waals surface area contributed by atoms with Crippen molar-refractivity contribution in [2.75, 3.05) is 0 Å². The topological polar surface area (TPSA) is 35.6 Å². The molecule has 0 fully saturated rings. The van der Waals surface area contributed by atoms with Gasteiger partial charge in [0.15, 0.2) is 5.82 Å². The maximum atomic E-state index is 5.53. The molecule has 4 nitrogen and oxygen atoms in total. The average molecular weight is 829 g/mol. The summed E-state index contributed by atoms with van der Waals surface area (Å²) >= 11 is 0. The molecule has 304 valence electrons. The molecule has 1 aliphatic rings. The van der Waals surface area contributed by atoms with Crippen molar-refractivity contribution in [1.29, 1.82) is 0 Å². The van der Waals surface area contributed by atoms with Crippen LogP contribution >= 0.6 is 0 Å². The molecule has 10 aromatic carbocycles. The van der Waals surface area contributed by atoms with Gasteiger partial charge in [0.1, 0.15) is 0 Å². The van der Waals surface area contributed by atoms with Crippen LogP contribution in [0.15, 0.2) is 206 Å². The zero-order chi connectivity index (χ0) is 43.0. The monoisotopic (exact) mass is 828 g/mol. The third-order valence-electron chi connectivity index (χ3n) is 14.3. The van der Waals surface area contributed by atoms with Crippen LogP contribution in [0.3, 0.4) is 0 Å². The Labute approximate surface area is 375 Å². The number of hydrogen-bond acceptors (Lipinski definition) is 2. The zero-order valence-corrected chi connectivity index (χ0v) is 35.9. The van der Waals surface area contributed by atoms with Gasteiger partial charge in [0, 0.05) is 54.5 Å². The van der Waals surface area contributed by atoms with Crippen LogP contribution in [0.25, 0.3) is 121 Å². The highest BCUT2D eigenvalue weighted by Crippen LogP contribution is 2.52. The normalized spacial score (nSPS) is 13.2. The van der Waals surface area contributed by atoms with Gasteiger partial charge in [-0.1, -0.05) is 178 Å². The lowest BCUT2D eigenvalue weighted by atomic mass is 9.82. The maximum Gasteiger partial charge on any atom is 0.160 e. The number of benzene rings is 10. The molecule has 0 spiro atoms. The Hall–Kier alpha value is -8.34. The molecule has 0 saturated heterocycles. The van der Waals surface area contributed by atoms with Gasteiger partial charge in [-0.25, -0.2) is 9.97 Å². The van der Waals surface area contributed by atoms with E-state index < -0.39 is 0 Å². The van der Waals surface area contributed by atoms with E-state index in [2.05, 4.69) is 229 Å². The van der Waals surface area contributed by atoms with Gasteiger partial charge >= 0.3 is 0 Å². The first-order valence-electron chi connectivity index (χ1n) is 22.5. The number of fused-ring (bicyclic) bond motifs is 13. The second kappa shape index (κ2) is 13.3. The van der Waals surface area contributed by atoms with Gasteiger partial charge in [-0.3, -0.25) is 0 Å². The first-order chi connectivity index (χ1) is 32.0. The highest BCUT2D eigenvalue weighted by atomic mass is 15.0. The Bertz CT molecular complexity index is 4160. The summed E-state index contributed by atoms with van der Waals surface area (Å²) in [5.74, 6) is 0.702. The van der Waals surface area contributed by atoms with Gasteiger partial charge in [0.25, 0.3) is 0 Å². The SMILES string of the molecule is CC1(C)c2ccccc2-c2c(-c3nc(-c4cccc(-n5c6ccccc6c6c(-n7c8ccccc8c8c9ccccc9ccc87)c7ccccc7cc65)c4)nc4ccccc34)cccc21. The van der Waals surface area contributed by atoms with Crippen LogP contribution in [0.4, 0.5) is 0 Å². The van der Waals surface area contributed by atoms with E-state index >= 15 is 0 Å². The van der Waals surface area contributed by atoms with Crippen LogP contribution in [0.1, 0.15) is 25.0 Å². The number of hydrogen-bond donors (Lipinski definition) is 0. The van der Waals surface area contributed by atoms with Crippen molar-refractivity contribution >= 4 is 76.1 Å². The molecule has 3 heterocycles. The van der Waals surface area contributed by atoms with Crippen molar-refractivity contribution in [2.45, 2.75) is 19.3 Å². The third-order valence-corrected chi connectivity index (χ3v) is 14.3. The second-order valence-electron chi connectivity index (χ2n) is 18.1. The van der Waals surface area contributed by atoms with E-state index in [0.29, 0.717) is 5.82 Å². The summed E-state index contributed by atoms with van der Waals surface area (Å²) in [5, 5.41) is 10.9. The maximum absolute atomic E-state index is 5.53. The fourth-order valence-electron chi connectivity index (χ4n) is 11.4. The quantitative estimate of drug-likeness (QED) is 0.177. The van der Waals surface area contributed by atoms with Crippen LogP contribution in [-0.4, -0.2) is 19.1 Å². The van der Waals surface area contributed by atoms with E-state index in [1.165, 1.54) is 82.1 Å². The Balaban J connectivity index is 1.03. The number of rotatable bonds is 4. The van der Waals surface area contributed by atoms with Gasteiger partial charge in [-0.15, -0.1) is 0 Å². The van der Waals surface area contributed by atoms with Crippen molar-refractivity contribution in [3.63, 3.8) is 0 Å². The summed E-state index contributed by atoms with van der Waals surface area (Å²) in [4.78, 5) is 10.8. The minimum atomic E-state index is -0.120. The molecule has 14 rings (SSSR count). The summed E-state index contributed by atoms with van der Waals surface area (Å²) in [7, 11) is 0. The minimum Gasteiger partial charge on any atom is -0.309 e. The van der Waals surface area contributed by atoms with Gasteiger partial charge in [0.2, 0.25) is 0 Å². The predicted octanol–water partition coefficient (Wildman–Crippen LogP) is 15.8. The Morgan fingerprint density at radius 3 is 1.88 bits per heavy atom. The summed E-state index contributed by atoms with van der Waals surface area (Å²) in [6, 6.07) is 75.2. The van der Waals surface area contributed by atoms with Gasteiger partial charge in [-0.05, 0) is 80.9 Å². The molecular weight excluding hydrogens is 789 g/mol. The average Bonchev–Trinajstić information content (AvgIpc) is 3.96. The summed E-state index contributed by atoms with van der Waals surface area (Å²) in [5.41, 5.74) is 16.0. The Morgan fingerprint density at radius 1 is 0.400 bits per heavy atom. The van der Waals surface area contributed by atoms with Gasteiger partial charge < -0.3 is 9.13 Å². The molecule has 0 N–H and O–H groups in total. The molecular formula is C61H40N4. The third kappa shape index (κ3) is 5.02. The van der Waals surface area contributed by atoms with Gasteiger partial charge in [-0.2, -0.15) is 0 Å². The van der Waals surface area contributed by atoms with E-state index in [0.717, 1.165) is 44.4 Å². The fraction of sp³-hybridized carbons (Fsp3) is 0.0492. The van der Waals surface area contributed by atoms with Crippen molar-refractivity contribution in [1.82, 2.24) is 19.1 Å². The van der Waals surface area contributed by atoms with Crippen LogP contribution in [-0.2, 0) is 5.41 Å². The lowest BCUT2D eigenvalue weighted by molar-refractivity contribution is 0.660. The zero-order valence-electron chi connectivity index (χ0n) is 35.9. The van der Waals surface area contributed by atoms with Crippen LogP contribution in [0.5, 0.6) is 0 Å². The molecule has 0 amide bonds. The van der Waals surface area contributed by atoms with E-state index in [9.17, 15) is 0 Å². The first-order valence-corrected chi connectivity index (χ1v) is 22.5. The van der Waals surface area contributed by atoms with Crippen molar-refractivity contribution < 1.29 is 0 Å². The lowest BCUT2D eigenvalue weighted by Crippen LogP contribution is -2.14. The number of para-hydroxylation sites is 3. The number of aromatic nitrogens is 4. The van der Waals surface area contributed by atoms with Crippen molar-refractivity contribution in [2.24, 2.45) is 0 Å². The first kappa shape index (κ1) is 36.2. The van der Waals surface area contributed by atoms with Crippen LogP contribution in [0.2, 0.25) is 0 Å². The molecule has 0 radical (unpaired) electrons. The van der Waals surface area contributed by atoms with E-state index in [-0.39, 0.29) is 5.41 Å². The Kier molecular flexibility index (Phi) is 7.42. The molecule has 0 bridgehead atoms. The lowest BCUT2D eigenvalue weighted by Gasteiger charge is -2.21. The molecule has 0 atom stereocenters. The summed E-state index contributed by atoms with van der Waals surface area (Å²) < 4.78 is 4.97. The Morgan fingerprint density at radius 2 is 1.03 bits per heavy atom. The fourth-order valence-corrected chi connectivity index (χ4v) is 11.4. The van der Waals surface area contributed by atoms with Crippen LogP contribution in [0, 0.1) is 0 Å². The largest absolute Gasteiger partial charge is 0.309 e. The highest BCUT2D eigenvalue weighted by Gasteiger charge is 2.37. The number of nitrogens with zero attached hydrogens (tertiary/aromatic N) is 4. The molecule has 65 heavy (non-hydrogen) atoms. The second-order valence-corrected chi connectivity index (χ2v) is 18.1. The highest BCUT2D eigenvalue weighted by molar-refractivity contribution is 6.25. The molecule has 0 unspecified atom stereocenters. The minimum absolute atomic E-state index is 0.120. The van der Waals surface area contributed by atoms with E-state index in [1.54, 1.807) is 0 Å². The standard InChI is InChI=1S/C61H40N4/c1-61(2)48-28-11-7-23-43(48)55-47(27-16-29-49(55)61)58-44-24-8-12-30-50(44)62-60(63-58)39-19-15-20-40(35-39)64-51-31-13-10-26-46(51)57-54(64)36-38-18-4-6-22-42(38)59(57)65-52-32-14-9-25-45(52)56-41-21-5-3-17-37(41)33-34-53(56)65/h3-36H,1-2H3. The molecule has 0 aliphatic heterocycles. The van der Waals surface area contributed by atoms with E-state index in [4.69, 9.17) is 9.97 Å². The predicted molar refractivity (Wildman–Crippen MR) is 272 cm³/mol.